The maximum absolute atomic E-state index is 14.2. The molecule has 0 spiro atoms. The molecule has 1 saturated heterocycles. The number of carboxylic acid groups (broad SMARTS) is 2. The van der Waals surface area contributed by atoms with Crippen molar-refractivity contribution in [3.8, 4) is 0 Å². The summed E-state index contributed by atoms with van der Waals surface area (Å²) in [6, 6.07) is -4.73. The van der Waals surface area contributed by atoms with Crippen LogP contribution in [0.3, 0.4) is 0 Å². The number of carbonyl (C=O) groups excluding carboxylic acids is 9. The average Bonchev–Trinajstić information content (AvgIpc) is 3.20. The SMILES string of the molecule is CCCC(C(=O)NCCC(=O)N1CCCCC1C(=O)NCC(=O)NC(C=O)CC(=O)O)N(CC)C(=O)C(NC(=O)C(NC(=O)CNC(=O)CCC(=O)O)C(C)O)P(C)CC. The Hall–Kier alpha value is -5.24. The van der Waals surface area contributed by atoms with Gasteiger partial charge < -0.3 is 61.8 Å². The van der Waals surface area contributed by atoms with Crippen LogP contribution in [0, 0.1) is 0 Å². The molecule has 0 aromatic rings. The van der Waals surface area contributed by atoms with Crippen molar-refractivity contribution in [1.82, 2.24) is 41.7 Å². The second-order valence-corrected chi connectivity index (χ2v) is 16.8. The lowest BCUT2D eigenvalue weighted by Gasteiger charge is -2.36. The molecule has 0 aromatic heterocycles. The summed E-state index contributed by atoms with van der Waals surface area (Å²) in [6.45, 7) is 7.30. The van der Waals surface area contributed by atoms with E-state index in [1.807, 2.05) is 13.8 Å². The van der Waals surface area contributed by atoms with Crippen molar-refractivity contribution < 1.29 is 68.1 Å². The Labute approximate surface area is 349 Å². The zero-order chi connectivity index (χ0) is 45.5. The molecule has 0 aromatic carbocycles. The summed E-state index contributed by atoms with van der Waals surface area (Å²) in [4.78, 5) is 140. The molecule has 1 aliphatic rings. The van der Waals surface area contributed by atoms with E-state index < -0.39 is 129 Å². The zero-order valence-corrected chi connectivity index (χ0v) is 35.7. The minimum Gasteiger partial charge on any atom is -0.481 e. The van der Waals surface area contributed by atoms with Crippen LogP contribution >= 0.6 is 7.92 Å². The Morgan fingerprint density at radius 1 is 0.817 bits per heavy atom. The van der Waals surface area contributed by atoms with Crippen molar-refractivity contribution in [3.63, 3.8) is 0 Å². The quantitative estimate of drug-likeness (QED) is 0.0307. The van der Waals surface area contributed by atoms with Gasteiger partial charge in [-0.2, -0.15) is 0 Å². The number of rotatable bonds is 27. The number of aliphatic hydroxyl groups is 1. The third kappa shape index (κ3) is 18.4. The van der Waals surface area contributed by atoms with Gasteiger partial charge in [0.2, 0.25) is 47.3 Å². The van der Waals surface area contributed by atoms with Crippen LogP contribution in [0.25, 0.3) is 0 Å². The molecule has 7 atom stereocenters. The minimum absolute atomic E-state index is 0.0607. The Morgan fingerprint density at radius 2 is 1.47 bits per heavy atom. The third-order valence-electron chi connectivity index (χ3n) is 9.50. The molecule has 1 rings (SSSR count). The van der Waals surface area contributed by atoms with Crippen LogP contribution in [0.1, 0.15) is 85.5 Å². The van der Waals surface area contributed by atoms with E-state index in [1.165, 1.54) is 16.7 Å². The molecule has 7 unspecified atom stereocenters. The monoisotopic (exact) mass is 872 g/mol. The molecule has 0 bridgehead atoms. The van der Waals surface area contributed by atoms with Gasteiger partial charge in [-0.3, -0.25) is 47.9 Å². The topological polar surface area (TPSA) is 327 Å². The first kappa shape index (κ1) is 52.8. The fourth-order valence-corrected chi connectivity index (χ4v) is 7.43. The smallest absolute Gasteiger partial charge is 0.305 e. The standard InChI is InChI=1S/C37H61N8O14P/c1-6-11-24(33(56)38-16-15-29(51)45-17-10-9-12-25(45)34(57)40-20-27(49)41-23(21-46)18-31(54)55)44(7-2)37(59)36(60(5)8-3)43-35(58)32(22(4)47)42-28(50)19-39-26(48)13-14-30(52)53/h21-25,32,36,47H,6-20H2,1-5H3,(H,38,56)(H,39,48)(H,40,57)(H,41,49)(H,42,50)(H,43,58)(H,52,53)(H,54,55). The molecule has 0 radical (unpaired) electrons. The highest BCUT2D eigenvalue weighted by Gasteiger charge is 2.38. The predicted molar refractivity (Wildman–Crippen MR) is 215 cm³/mol. The maximum atomic E-state index is 14.2. The number of likely N-dealkylation sites (tertiary alicyclic amines) is 1. The van der Waals surface area contributed by atoms with E-state index >= 15 is 0 Å². The van der Waals surface area contributed by atoms with Crippen molar-refractivity contribution in [2.45, 2.75) is 122 Å². The van der Waals surface area contributed by atoms with E-state index in [1.54, 1.807) is 13.6 Å². The lowest BCUT2D eigenvalue weighted by molar-refractivity contribution is -0.143. The van der Waals surface area contributed by atoms with Crippen molar-refractivity contribution >= 4 is 73.4 Å². The highest BCUT2D eigenvalue weighted by atomic mass is 31.1. The van der Waals surface area contributed by atoms with Crippen molar-refractivity contribution in [1.29, 1.82) is 0 Å². The predicted octanol–water partition coefficient (Wildman–Crippen LogP) is -2.41. The molecule has 1 heterocycles. The molecular formula is C37H61N8O14P. The first-order valence-electron chi connectivity index (χ1n) is 19.9. The molecule has 22 nitrogen and oxygen atoms in total. The summed E-state index contributed by atoms with van der Waals surface area (Å²) in [5.41, 5.74) is 0. The van der Waals surface area contributed by atoms with Crippen LogP contribution < -0.4 is 31.9 Å². The van der Waals surface area contributed by atoms with Crippen LogP contribution in [0.5, 0.6) is 0 Å². The van der Waals surface area contributed by atoms with Gasteiger partial charge in [0.1, 0.15) is 30.2 Å². The number of aldehydes is 1. The van der Waals surface area contributed by atoms with Gasteiger partial charge in [-0.25, -0.2) is 0 Å². The first-order valence-corrected chi connectivity index (χ1v) is 21.9. The first-order chi connectivity index (χ1) is 28.3. The van der Waals surface area contributed by atoms with Crippen LogP contribution in [0.15, 0.2) is 0 Å². The van der Waals surface area contributed by atoms with Gasteiger partial charge in [-0.1, -0.05) is 28.2 Å². The van der Waals surface area contributed by atoms with Gasteiger partial charge in [-0.05, 0) is 52.4 Å². The number of amides is 8. The number of aliphatic carboxylic acids is 2. The van der Waals surface area contributed by atoms with Gasteiger partial charge in [0.15, 0.2) is 0 Å². The second kappa shape index (κ2) is 27.5. The second-order valence-electron chi connectivity index (χ2n) is 14.1. The highest BCUT2D eigenvalue weighted by molar-refractivity contribution is 7.58. The number of carboxylic acids is 2. The fourth-order valence-electron chi connectivity index (χ4n) is 6.19. The molecule has 1 aliphatic heterocycles. The molecule has 338 valence electrons. The number of aliphatic hydroxyl groups excluding tert-OH is 1. The van der Waals surface area contributed by atoms with E-state index in [9.17, 15) is 57.8 Å². The molecule has 0 aliphatic carbocycles. The maximum Gasteiger partial charge on any atom is 0.305 e. The highest BCUT2D eigenvalue weighted by Crippen LogP contribution is 2.36. The third-order valence-corrected chi connectivity index (χ3v) is 11.7. The van der Waals surface area contributed by atoms with Crippen LogP contribution in [0.4, 0.5) is 0 Å². The molecule has 1 fully saturated rings. The Bertz CT molecular complexity index is 1550. The number of piperidine rings is 1. The minimum atomic E-state index is -1.54. The normalized spacial score (nSPS) is 16.6. The zero-order valence-electron chi connectivity index (χ0n) is 34.8. The number of hydrogen-bond acceptors (Lipinski definition) is 12. The summed E-state index contributed by atoms with van der Waals surface area (Å²) in [5, 5.41) is 42.5. The number of hydrogen-bond donors (Lipinski definition) is 9. The number of nitrogens with one attached hydrogen (secondary N) is 6. The van der Waals surface area contributed by atoms with Gasteiger partial charge >= 0.3 is 11.9 Å². The van der Waals surface area contributed by atoms with Gasteiger partial charge in [0.25, 0.3) is 0 Å². The Kier molecular flexibility index (Phi) is 24.2. The Morgan fingerprint density at radius 3 is 2.03 bits per heavy atom. The number of carbonyl (C=O) groups is 11. The van der Waals surface area contributed by atoms with Crippen LogP contribution in [-0.2, 0) is 52.7 Å². The molecule has 0 saturated carbocycles. The summed E-state index contributed by atoms with van der Waals surface area (Å²) < 4.78 is 0. The largest absolute Gasteiger partial charge is 0.481 e. The van der Waals surface area contributed by atoms with E-state index in [-0.39, 0.29) is 45.2 Å². The van der Waals surface area contributed by atoms with Gasteiger partial charge in [-0.15, -0.1) is 0 Å². The molecule has 8 amide bonds. The molecule has 9 N–H and O–H groups in total. The molecule has 60 heavy (non-hydrogen) atoms. The number of nitrogens with zero attached hydrogens (tertiary/aromatic N) is 2. The van der Waals surface area contributed by atoms with Gasteiger partial charge in [0.05, 0.1) is 38.1 Å². The van der Waals surface area contributed by atoms with Gasteiger partial charge in [0, 0.05) is 32.5 Å². The van der Waals surface area contributed by atoms with E-state index in [0.29, 0.717) is 31.8 Å². The number of likely N-dealkylation sites (N-methyl/N-ethyl adjacent to an activating group) is 1. The van der Waals surface area contributed by atoms with E-state index in [2.05, 4.69) is 31.9 Å². The van der Waals surface area contributed by atoms with Crippen molar-refractivity contribution in [2.75, 3.05) is 45.6 Å². The van der Waals surface area contributed by atoms with Crippen molar-refractivity contribution in [2.24, 2.45) is 0 Å². The van der Waals surface area contributed by atoms with Crippen LogP contribution in [-0.4, -0.2) is 172 Å². The molecular weight excluding hydrogens is 811 g/mol. The lowest BCUT2D eigenvalue weighted by atomic mass is 10.0. The summed E-state index contributed by atoms with van der Waals surface area (Å²) >= 11 is 0. The average molecular weight is 873 g/mol. The lowest BCUT2D eigenvalue weighted by Crippen LogP contribution is -2.59. The molecule has 23 heteroatoms. The fraction of sp³-hybridized carbons (Fsp3) is 0.703. The van der Waals surface area contributed by atoms with E-state index in [0.717, 1.165) is 0 Å². The Balaban J connectivity index is 2.99. The summed E-state index contributed by atoms with van der Waals surface area (Å²) in [7, 11) is -1.24. The summed E-state index contributed by atoms with van der Waals surface area (Å²) in [6.07, 6.45) is -0.0905. The van der Waals surface area contributed by atoms with Crippen molar-refractivity contribution in [3.05, 3.63) is 0 Å². The summed E-state index contributed by atoms with van der Waals surface area (Å²) in [5.74, 6) is -9.07. The van der Waals surface area contributed by atoms with Crippen LogP contribution in [0.2, 0.25) is 0 Å². The van der Waals surface area contributed by atoms with E-state index in [4.69, 9.17) is 10.2 Å².